The van der Waals surface area contributed by atoms with E-state index in [1.165, 1.54) is 20.4 Å². The fourth-order valence-corrected chi connectivity index (χ4v) is 1.66. The zero-order valence-electron chi connectivity index (χ0n) is 9.30. The van der Waals surface area contributed by atoms with Crippen LogP contribution in [-0.4, -0.2) is 24.3 Å². The lowest BCUT2D eigenvalue weighted by Crippen LogP contribution is -2.27. The molecule has 90 valence electrons. The Morgan fingerprint density at radius 1 is 1.35 bits per heavy atom. The van der Waals surface area contributed by atoms with Crippen LogP contribution in [0.25, 0.3) is 11.0 Å². The maximum absolute atomic E-state index is 11.6. The first-order valence-corrected chi connectivity index (χ1v) is 4.72. The molecule has 2 rings (SSSR count). The summed E-state index contributed by atoms with van der Waals surface area (Å²) in [5.74, 6) is -0.192. The highest BCUT2D eigenvalue weighted by atomic mass is 16.5. The van der Waals surface area contributed by atoms with E-state index in [1.54, 1.807) is 0 Å². The minimum Gasteiger partial charge on any atom is -0.618 e. The van der Waals surface area contributed by atoms with Crippen LogP contribution in [0.2, 0.25) is 0 Å². The third kappa shape index (κ3) is 1.43. The number of nitrogens with two attached hydrogens (primary N) is 1. The summed E-state index contributed by atoms with van der Waals surface area (Å²) in [6, 6.07) is 0. The molecule has 1 aromatic heterocycles. The van der Waals surface area contributed by atoms with Crippen LogP contribution in [0.1, 0.15) is 0 Å². The fraction of sp³-hybridized carbons (Fsp3) is 0.200. The number of nitrogens with zero attached hydrogens (tertiary/aromatic N) is 2. The van der Waals surface area contributed by atoms with Crippen molar-refractivity contribution in [3.63, 3.8) is 0 Å². The zero-order valence-corrected chi connectivity index (χ0v) is 9.30. The molecule has 0 aliphatic heterocycles. The molecular weight excluding hydrogens is 226 g/mol. The Kier molecular flexibility index (Phi) is 2.51. The van der Waals surface area contributed by atoms with Crippen LogP contribution in [-0.2, 0) is 0 Å². The van der Waals surface area contributed by atoms with Gasteiger partial charge >= 0.3 is 0 Å². The zero-order chi connectivity index (χ0) is 12.6. The van der Waals surface area contributed by atoms with E-state index in [-0.39, 0.29) is 34.0 Å². The number of phenols is 1. The number of hydrogen-bond donors (Lipinski definition) is 2. The van der Waals surface area contributed by atoms with Crippen LogP contribution < -0.4 is 19.9 Å². The van der Waals surface area contributed by atoms with Gasteiger partial charge in [-0.1, -0.05) is 0 Å². The molecule has 0 aliphatic rings. The monoisotopic (exact) mass is 237 g/mol. The summed E-state index contributed by atoms with van der Waals surface area (Å²) >= 11 is 0. The van der Waals surface area contributed by atoms with Crippen molar-refractivity contribution in [2.75, 3.05) is 20.0 Å². The van der Waals surface area contributed by atoms with Crippen molar-refractivity contribution in [2.24, 2.45) is 0 Å². The van der Waals surface area contributed by atoms with Gasteiger partial charge in [0.25, 0.3) is 5.52 Å². The van der Waals surface area contributed by atoms with Gasteiger partial charge in [-0.3, -0.25) is 0 Å². The molecular formula is C10H11N3O4. The summed E-state index contributed by atoms with van der Waals surface area (Å²) < 4.78 is 10.5. The number of methoxy groups -OCH3 is 2. The maximum Gasteiger partial charge on any atom is 0.290 e. The molecule has 0 unspecified atom stereocenters. The van der Waals surface area contributed by atoms with Crippen molar-refractivity contribution in [1.29, 1.82) is 0 Å². The number of aromatic hydroxyl groups is 1. The second-order valence-corrected chi connectivity index (χ2v) is 3.28. The lowest BCUT2D eigenvalue weighted by molar-refractivity contribution is -0.577. The number of ether oxygens (including phenoxy) is 2. The summed E-state index contributed by atoms with van der Waals surface area (Å²) in [4.78, 5) is 3.95. The van der Waals surface area contributed by atoms with Gasteiger partial charge in [-0.15, -0.1) is 0 Å². The van der Waals surface area contributed by atoms with Crippen LogP contribution in [0, 0.1) is 5.21 Å². The Morgan fingerprint density at radius 2 is 2.00 bits per heavy atom. The standard InChI is InChI=1S/C10H11N3O4/c1-16-9-5(11)6-7(8(14)10(9)17-2)13(15)4-3-12-6/h3-4,14H,11H2,1-2H3. The SMILES string of the molecule is COc1c(OC)c(O)c2c(ncc[n+]2[O-])c1N. The second kappa shape index (κ2) is 3.85. The fourth-order valence-electron chi connectivity index (χ4n) is 1.66. The predicted octanol–water partition coefficient (Wildman–Crippen LogP) is 0.173. The molecule has 0 spiro atoms. The van der Waals surface area contributed by atoms with Crippen molar-refractivity contribution in [1.82, 2.24) is 4.98 Å². The number of phenolic OH excluding ortho intramolecular Hbond substituents is 1. The van der Waals surface area contributed by atoms with Gasteiger partial charge in [0.05, 0.1) is 20.4 Å². The van der Waals surface area contributed by atoms with Crippen molar-refractivity contribution in [3.8, 4) is 17.2 Å². The summed E-state index contributed by atoms with van der Waals surface area (Å²) in [6.07, 6.45) is 2.45. The first-order valence-electron chi connectivity index (χ1n) is 4.72. The van der Waals surface area contributed by atoms with E-state index in [4.69, 9.17) is 15.2 Å². The molecule has 0 atom stereocenters. The molecule has 2 aromatic rings. The van der Waals surface area contributed by atoms with E-state index < -0.39 is 0 Å². The smallest absolute Gasteiger partial charge is 0.290 e. The molecule has 1 heterocycles. The molecule has 0 fully saturated rings. The number of benzene rings is 1. The van der Waals surface area contributed by atoms with E-state index in [1.807, 2.05) is 0 Å². The average Bonchev–Trinajstić information content (AvgIpc) is 2.33. The van der Waals surface area contributed by atoms with Gasteiger partial charge in [0.15, 0.2) is 17.5 Å². The van der Waals surface area contributed by atoms with Crippen LogP contribution in [0.15, 0.2) is 12.4 Å². The third-order valence-electron chi connectivity index (χ3n) is 2.40. The van der Waals surface area contributed by atoms with E-state index in [2.05, 4.69) is 4.98 Å². The van der Waals surface area contributed by atoms with Crippen LogP contribution >= 0.6 is 0 Å². The molecule has 0 radical (unpaired) electrons. The van der Waals surface area contributed by atoms with Crippen molar-refractivity contribution >= 4 is 16.7 Å². The number of nitrogen functional groups attached to an aromatic ring is 1. The van der Waals surface area contributed by atoms with E-state index in [0.717, 1.165) is 6.20 Å². The number of rotatable bonds is 2. The number of hydrogen-bond acceptors (Lipinski definition) is 6. The van der Waals surface area contributed by atoms with Gasteiger partial charge in [0.1, 0.15) is 5.69 Å². The molecule has 17 heavy (non-hydrogen) atoms. The molecule has 0 saturated heterocycles. The largest absolute Gasteiger partial charge is 0.618 e. The highest BCUT2D eigenvalue weighted by Crippen LogP contribution is 2.45. The quantitative estimate of drug-likeness (QED) is 0.334. The molecule has 0 amide bonds. The molecule has 3 N–H and O–H groups in total. The van der Waals surface area contributed by atoms with E-state index in [9.17, 15) is 10.3 Å². The Hall–Kier alpha value is -2.44. The summed E-state index contributed by atoms with van der Waals surface area (Å²) in [5.41, 5.74) is 6.07. The lowest BCUT2D eigenvalue weighted by atomic mass is 10.2. The highest BCUT2D eigenvalue weighted by molar-refractivity contribution is 5.95. The van der Waals surface area contributed by atoms with Gasteiger partial charge in [-0.05, 0) is 0 Å². The molecule has 1 aromatic carbocycles. The highest BCUT2D eigenvalue weighted by Gasteiger charge is 2.25. The lowest BCUT2D eigenvalue weighted by Gasteiger charge is -2.13. The van der Waals surface area contributed by atoms with Crippen molar-refractivity contribution < 1.29 is 19.3 Å². The number of fused-ring (bicyclic) bond motifs is 1. The Labute approximate surface area is 96.6 Å². The van der Waals surface area contributed by atoms with Crippen LogP contribution in [0.4, 0.5) is 5.69 Å². The van der Waals surface area contributed by atoms with Gasteiger partial charge in [-0.25, -0.2) is 4.98 Å². The van der Waals surface area contributed by atoms with Gasteiger partial charge in [0, 0.05) is 0 Å². The van der Waals surface area contributed by atoms with Crippen molar-refractivity contribution in [3.05, 3.63) is 17.6 Å². The van der Waals surface area contributed by atoms with Crippen LogP contribution in [0.5, 0.6) is 17.2 Å². The molecule has 7 heteroatoms. The van der Waals surface area contributed by atoms with E-state index >= 15 is 0 Å². The topological polar surface area (TPSA) is 105 Å². The first kappa shape index (κ1) is 11.1. The number of aromatic nitrogens is 2. The minimum absolute atomic E-state index is 0.00935. The summed E-state index contributed by atoms with van der Waals surface area (Å²) in [6.45, 7) is 0. The molecule has 0 saturated carbocycles. The predicted molar refractivity (Wildman–Crippen MR) is 59.9 cm³/mol. The summed E-state index contributed by atoms with van der Waals surface area (Å²) in [5, 5.41) is 21.5. The summed E-state index contributed by atoms with van der Waals surface area (Å²) in [7, 11) is 2.72. The molecule has 0 aliphatic carbocycles. The Morgan fingerprint density at radius 3 is 2.59 bits per heavy atom. The van der Waals surface area contributed by atoms with Gasteiger partial charge in [0.2, 0.25) is 11.5 Å². The number of anilines is 1. The van der Waals surface area contributed by atoms with Gasteiger partial charge in [-0.2, -0.15) is 4.73 Å². The average molecular weight is 237 g/mol. The van der Waals surface area contributed by atoms with E-state index in [0.29, 0.717) is 4.73 Å². The molecule has 7 nitrogen and oxygen atoms in total. The Bertz CT molecular complexity index is 586. The minimum atomic E-state index is -0.350. The first-order chi connectivity index (χ1) is 8.11. The Balaban J connectivity index is 2.99. The third-order valence-corrected chi connectivity index (χ3v) is 2.40. The second-order valence-electron chi connectivity index (χ2n) is 3.28. The van der Waals surface area contributed by atoms with Crippen LogP contribution in [0.3, 0.4) is 0 Å². The van der Waals surface area contributed by atoms with Gasteiger partial charge < -0.3 is 25.5 Å². The molecule has 0 bridgehead atoms. The van der Waals surface area contributed by atoms with Crippen molar-refractivity contribution in [2.45, 2.75) is 0 Å². The maximum atomic E-state index is 11.6. The normalized spacial score (nSPS) is 10.5.